The lowest BCUT2D eigenvalue weighted by Crippen LogP contribution is -2.14. The smallest absolute Gasteiger partial charge is 0.251 e. The van der Waals surface area contributed by atoms with Gasteiger partial charge >= 0.3 is 0 Å². The number of amides is 2. The molecule has 0 bridgehead atoms. The van der Waals surface area contributed by atoms with Crippen molar-refractivity contribution in [3.8, 4) is 17.2 Å². The molecule has 0 radical (unpaired) electrons. The minimum Gasteiger partial charge on any atom is -0.493 e. The zero-order valence-corrected chi connectivity index (χ0v) is 14.8. The third-order valence-electron chi connectivity index (χ3n) is 3.28. The molecule has 8 heteroatoms. The topological polar surface area (TPSA) is 99.9 Å². The number of benzene rings is 1. The first-order valence-corrected chi connectivity index (χ1v) is 8.04. The lowest BCUT2D eigenvalue weighted by atomic mass is 10.1. The molecule has 3 N–H and O–H groups in total. The number of carbonyl (C=O) groups excluding carboxylic acids is 2. The molecule has 0 aliphatic carbocycles. The maximum atomic E-state index is 12.1. The highest BCUT2D eigenvalue weighted by atomic mass is 32.1. The zero-order chi connectivity index (χ0) is 18.4. The van der Waals surface area contributed by atoms with Crippen molar-refractivity contribution in [3.63, 3.8) is 0 Å². The standard InChI is InChI=1S/C17H18N2O5S/c1-22-12-8-10(9-13(23-2)15(12)24-3)4-5-14(20)19-17-11(16(18)21)6-7-25-17/h4-9H,1-3H3,(H2,18,21)(H,19,20)/b5-4+. The molecular weight excluding hydrogens is 344 g/mol. The summed E-state index contributed by atoms with van der Waals surface area (Å²) < 4.78 is 15.8. The van der Waals surface area contributed by atoms with Crippen LogP contribution >= 0.6 is 11.3 Å². The lowest BCUT2D eigenvalue weighted by Gasteiger charge is -2.12. The van der Waals surface area contributed by atoms with Crippen molar-refractivity contribution in [1.29, 1.82) is 0 Å². The third kappa shape index (κ3) is 4.30. The fourth-order valence-electron chi connectivity index (χ4n) is 2.12. The van der Waals surface area contributed by atoms with Crippen molar-refractivity contribution in [3.05, 3.63) is 40.8 Å². The van der Waals surface area contributed by atoms with E-state index in [4.69, 9.17) is 19.9 Å². The van der Waals surface area contributed by atoms with Crippen LogP contribution < -0.4 is 25.3 Å². The molecule has 132 valence electrons. The fourth-order valence-corrected chi connectivity index (χ4v) is 2.92. The number of methoxy groups -OCH3 is 3. The van der Waals surface area contributed by atoms with Gasteiger partial charge in [-0.1, -0.05) is 0 Å². The van der Waals surface area contributed by atoms with Crippen LogP contribution in [0.3, 0.4) is 0 Å². The number of anilines is 1. The number of ether oxygens (including phenoxy) is 3. The SMILES string of the molecule is COc1cc(/C=C/C(=O)Nc2sccc2C(N)=O)cc(OC)c1OC. The second-order valence-electron chi connectivity index (χ2n) is 4.81. The first-order chi connectivity index (χ1) is 12.0. The van der Waals surface area contributed by atoms with Crippen LogP contribution in [0.2, 0.25) is 0 Å². The maximum Gasteiger partial charge on any atom is 0.251 e. The van der Waals surface area contributed by atoms with E-state index in [0.29, 0.717) is 27.8 Å². The summed E-state index contributed by atoms with van der Waals surface area (Å²) in [5.74, 6) is 0.451. The highest BCUT2D eigenvalue weighted by Gasteiger charge is 2.13. The number of nitrogens with two attached hydrogens (primary N) is 1. The van der Waals surface area contributed by atoms with Crippen LogP contribution in [0.25, 0.3) is 6.08 Å². The normalized spacial score (nSPS) is 10.5. The Morgan fingerprint density at radius 3 is 2.28 bits per heavy atom. The Kier molecular flexibility index (Phi) is 6.02. The van der Waals surface area contributed by atoms with Crippen molar-refractivity contribution in [2.45, 2.75) is 0 Å². The van der Waals surface area contributed by atoms with E-state index in [2.05, 4.69) is 5.32 Å². The van der Waals surface area contributed by atoms with Crippen molar-refractivity contribution in [2.24, 2.45) is 5.73 Å². The van der Waals surface area contributed by atoms with Crippen LogP contribution in [0.1, 0.15) is 15.9 Å². The second kappa shape index (κ2) is 8.20. The van der Waals surface area contributed by atoms with Crippen molar-refractivity contribution < 1.29 is 23.8 Å². The molecule has 0 saturated heterocycles. The summed E-state index contributed by atoms with van der Waals surface area (Å²) in [5, 5.41) is 4.72. The molecule has 0 fully saturated rings. The first-order valence-electron chi connectivity index (χ1n) is 7.16. The number of nitrogens with one attached hydrogen (secondary N) is 1. The second-order valence-corrected chi connectivity index (χ2v) is 5.73. The Hall–Kier alpha value is -3.00. The summed E-state index contributed by atoms with van der Waals surface area (Å²) in [6.07, 6.45) is 2.93. The zero-order valence-electron chi connectivity index (χ0n) is 14.0. The molecule has 2 amide bonds. The van der Waals surface area contributed by atoms with E-state index in [1.165, 1.54) is 38.7 Å². The highest BCUT2D eigenvalue weighted by molar-refractivity contribution is 7.14. The number of hydrogen-bond donors (Lipinski definition) is 2. The van der Waals surface area contributed by atoms with Crippen LogP contribution in [0.15, 0.2) is 29.7 Å². The van der Waals surface area contributed by atoms with Crippen LogP contribution in [0.5, 0.6) is 17.2 Å². The molecule has 0 unspecified atom stereocenters. The van der Waals surface area contributed by atoms with Gasteiger partial charge in [0.25, 0.3) is 5.91 Å². The molecule has 25 heavy (non-hydrogen) atoms. The molecule has 0 atom stereocenters. The van der Waals surface area contributed by atoms with Gasteiger partial charge in [0.2, 0.25) is 11.7 Å². The van der Waals surface area contributed by atoms with Crippen LogP contribution in [-0.2, 0) is 4.79 Å². The molecule has 0 spiro atoms. The molecule has 0 aliphatic rings. The highest BCUT2D eigenvalue weighted by Crippen LogP contribution is 2.38. The van der Waals surface area contributed by atoms with Crippen molar-refractivity contribution in [1.82, 2.24) is 0 Å². The van der Waals surface area contributed by atoms with E-state index in [9.17, 15) is 9.59 Å². The maximum absolute atomic E-state index is 12.1. The monoisotopic (exact) mass is 362 g/mol. The Labute approximate surface area is 149 Å². The van der Waals surface area contributed by atoms with E-state index < -0.39 is 11.8 Å². The van der Waals surface area contributed by atoms with Gasteiger partial charge in [0.05, 0.1) is 26.9 Å². The van der Waals surface area contributed by atoms with Gasteiger partial charge in [0, 0.05) is 6.08 Å². The first kappa shape index (κ1) is 18.3. The summed E-state index contributed by atoms with van der Waals surface area (Å²) in [5.41, 5.74) is 6.21. The summed E-state index contributed by atoms with van der Waals surface area (Å²) in [7, 11) is 4.54. The van der Waals surface area contributed by atoms with Crippen LogP contribution in [0.4, 0.5) is 5.00 Å². The van der Waals surface area contributed by atoms with Gasteiger partial charge in [-0.15, -0.1) is 11.3 Å². The molecule has 1 aromatic heterocycles. The minimum absolute atomic E-state index is 0.277. The predicted octanol–water partition coefficient (Wildman–Crippen LogP) is 2.52. The van der Waals surface area contributed by atoms with Gasteiger partial charge < -0.3 is 25.3 Å². The molecular formula is C17H18N2O5S. The summed E-state index contributed by atoms with van der Waals surface area (Å²) in [4.78, 5) is 23.3. The number of thiophene rings is 1. The minimum atomic E-state index is -0.592. The van der Waals surface area contributed by atoms with Crippen molar-refractivity contribution in [2.75, 3.05) is 26.6 Å². The summed E-state index contributed by atoms with van der Waals surface area (Å²) in [6, 6.07) is 4.99. The number of rotatable bonds is 7. The van der Waals surface area contributed by atoms with E-state index in [0.717, 1.165) is 0 Å². The van der Waals surface area contributed by atoms with Gasteiger partial charge in [0.1, 0.15) is 5.00 Å². The van der Waals surface area contributed by atoms with Gasteiger partial charge in [-0.25, -0.2) is 0 Å². The predicted molar refractivity (Wildman–Crippen MR) is 96.6 cm³/mol. The average molecular weight is 362 g/mol. The molecule has 7 nitrogen and oxygen atoms in total. The third-order valence-corrected chi connectivity index (χ3v) is 4.11. The van der Waals surface area contributed by atoms with E-state index in [1.807, 2.05) is 0 Å². The summed E-state index contributed by atoms with van der Waals surface area (Å²) in [6.45, 7) is 0. The van der Waals surface area contributed by atoms with E-state index in [1.54, 1.807) is 29.7 Å². The molecule has 0 aliphatic heterocycles. The largest absolute Gasteiger partial charge is 0.493 e. The average Bonchev–Trinajstić information content (AvgIpc) is 3.07. The van der Waals surface area contributed by atoms with Crippen molar-refractivity contribution >= 4 is 34.2 Å². The Balaban J connectivity index is 2.19. The van der Waals surface area contributed by atoms with E-state index >= 15 is 0 Å². The molecule has 2 aromatic rings. The Morgan fingerprint density at radius 1 is 1.12 bits per heavy atom. The van der Waals surface area contributed by atoms with Gasteiger partial charge in [-0.3, -0.25) is 9.59 Å². The van der Waals surface area contributed by atoms with Gasteiger partial charge in [0.15, 0.2) is 11.5 Å². The molecule has 2 rings (SSSR count). The van der Waals surface area contributed by atoms with E-state index in [-0.39, 0.29) is 5.56 Å². The number of hydrogen-bond acceptors (Lipinski definition) is 6. The van der Waals surface area contributed by atoms with Crippen LogP contribution in [-0.4, -0.2) is 33.1 Å². The molecule has 1 heterocycles. The summed E-state index contributed by atoms with van der Waals surface area (Å²) >= 11 is 1.22. The Bertz CT molecular complexity index is 788. The molecule has 1 aromatic carbocycles. The lowest BCUT2D eigenvalue weighted by molar-refractivity contribution is -0.111. The number of carbonyl (C=O) groups is 2. The number of primary amides is 1. The quantitative estimate of drug-likeness (QED) is 0.737. The molecule has 0 saturated carbocycles. The van der Waals surface area contributed by atoms with Gasteiger partial charge in [-0.05, 0) is 35.2 Å². The van der Waals surface area contributed by atoms with Gasteiger partial charge in [-0.2, -0.15) is 0 Å². The fraction of sp³-hybridized carbons (Fsp3) is 0.176. The Morgan fingerprint density at radius 2 is 1.76 bits per heavy atom. The van der Waals surface area contributed by atoms with Crippen LogP contribution in [0, 0.1) is 0 Å².